The maximum Gasteiger partial charge on any atom is 0.302 e. The zero-order chi connectivity index (χ0) is 17.8. The van der Waals surface area contributed by atoms with Gasteiger partial charge in [0.15, 0.2) is 0 Å². The molecule has 0 atom stereocenters. The number of nitrogen functional groups attached to an aromatic ring is 1. The Bertz CT molecular complexity index is 885. The molecule has 0 fully saturated rings. The van der Waals surface area contributed by atoms with E-state index in [0.717, 1.165) is 5.56 Å². The van der Waals surface area contributed by atoms with Crippen LogP contribution in [0.1, 0.15) is 22.7 Å². The lowest BCUT2D eigenvalue weighted by atomic mass is 10.1. The Morgan fingerprint density at radius 3 is 2.24 bits per heavy atom. The van der Waals surface area contributed by atoms with Gasteiger partial charge in [0.25, 0.3) is 6.43 Å². The van der Waals surface area contributed by atoms with Crippen LogP contribution in [0.5, 0.6) is 0 Å². The average Bonchev–Trinajstić information content (AvgIpc) is 2.67. The van der Waals surface area contributed by atoms with E-state index in [4.69, 9.17) is 5.84 Å². The Kier molecular flexibility index (Phi) is 4.71. The van der Waals surface area contributed by atoms with E-state index in [2.05, 4.69) is 15.0 Å². The number of hydrogen-bond acceptors (Lipinski definition) is 5. The minimum atomic E-state index is -2.65. The first-order chi connectivity index (χ1) is 12.1. The van der Waals surface area contributed by atoms with E-state index in [-0.39, 0.29) is 11.5 Å². The van der Waals surface area contributed by atoms with Crippen LogP contribution >= 0.6 is 0 Å². The van der Waals surface area contributed by atoms with Crippen LogP contribution in [0.3, 0.4) is 0 Å². The number of pyridine rings is 1. The van der Waals surface area contributed by atoms with Crippen molar-refractivity contribution < 1.29 is 13.6 Å². The van der Waals surface area contributed by atoms with Crippen molar-refractivity contribution in [2.45, 2.75) is 6.43 Å². The molecule has 3 N–H and O–H groups in total. The molecule has 2 heterocycles. The number of carbonyl (C=O) groups excluding carboxylic acids is 1. The Hall–Kier alpha value is -3.26. The van der Waals surface area contributed by atoms with Crippen molar-refractivity contribution in [3.05, 3.63) is 66.2 Å². The van der Waals surface area contributed by atoms with Gasteiger partial charge in [-0.25, -0.2) is 24.6 Å². The Balaban J connectivity index is 2.10. The number of halogens is 2. The van der Waals surface area contributed by atoms with Gasteiger partial charge < -0.3 is 0 Å². The van der Waals surface area contributed by atoms with Crippen molar-refractivity contribution >= 4 is 5.91 Å². The monoisotopic (exact) mass is 341 g/mol. The number of hydrogen-bond donors (Lipinski definition) is 2. The number of rotatable bonds is 4. The molecular formula is C17H13F2N5O. The van der Waals surface area contributed by atoms with Crippen LogP contribution in [0.25, 0.3) is 22.5 Å². The van der Waals surface area contributed by atoms with Crippen LogP contribution in [-0.4, -0.2) is 20.9 Å². The number of hydrazine groups is 1. The van der Waals surface area contributed by atoms with Gasteiger partial charge in [-0.15, -0.1) is 0 Å². The van der Waals surface area contributed by atoms with Crippen LogP contribution in [0, 0.1) is 0 Å². The smallest absolute Gasteiger partial charge is 0.287 e. The highest BCUT2D eigenvalue weighted by atomic mass is 19.3. The number of benzene rings is 1. The minimum absolute atomic E-state index is 0.128. The summed E-state index contributed by atoms with van der Waals surface area (Å²) in [4.78, 5) is 23.9. The van der Waals surface area contributed by atoms with Gasteiger partial charge in [0.05, 0.1) is 11.4 Å². The summed E-state index contributed by atoms with van der Waals surface area (Å²) in [6.07, 6.45) is -1.37. The van der Waals surface area contributed by atoms with Gasteiger partial charge in [-0.3, -0.25) is 15.2 Å². The average molecular weight is 341 g/mol. The summed E-state index contributed by atoms with van der Waals surface area (Å²) in [5, 5.41) is 0. The molecule has 25 heavy (non-hydrogen) atoms. The molecule has 2 aromatic heterocycles. The third-order valence-electron chi connectivity index (χ3n) is 3.44. The first-order valence-corrected chi connectivity index (χ1v) is 7.28. The molecule has 3 rings (SSSR count). The van der Waals surface area contributed by atoms with Crippen molar-refractivity contribution in [1.82, 2.24) is 20.4 Å². The lowest BCUT2D eigenvalue weighted by Gasteiger charge is -2.08. The Morgan fingerprint density at radius 1 is 1.00 bits per heavy atom. The van der Waals surface area contributed by atoms with E-state index in [1.54, 1.807) is 6.07 Å². The molecule has 0 saturated carbocycles. The van der Waals surface area contributed by atoms with Gasteiger partial charge in [-0.2, -0.15) is 0 Å². The molecule has 1 aromatic carbocycles. The van der Waals surface area contributed by atoms with E-state index >= 15 is 0 Å². The zero-order valence-corrected chi connectivity index (χ0v) is 12.9. The van der Waals surface area contributed by atoms with E-state index in [0.29, 0.717) is 17.0 Å². The largest absolute Gasteiger partial charge is 0.302 e. The number of nitrogens with two attached hydrogens (primary N) is 1. The van der Waals surface area contributed by atoms with E-state index in [1.807, 2.05) is 35.8 Å². The summed E-state index contributed by atoms with van der Waals surface area (Å²) in [6.45, 7) is 0. The SMILES string of the molecule is NNC(=O)c1nc(-c2ccccc2)cc(-c2ccc(C(F)F)nc2)n1. The maximum atomic E-state index is 12.6. The van der Waals surface area contributed by atoms with E-state index < -0.39 is 12.3 Å². The topological polar surface area (TPSA) is 93.8 Å². The van der Waals surface area contributed by atoms with Crippen molar-refractivity contribution in [1.29, 1.82) is 0 Å². The molecule has 0 radical (unpaired) electrons. The number of nitrogens with zero attached hydrogens (tertiary/aromatic N) is 3. The molecule has 0 bridgehead atoms. The predicted molar refractivity (Wildman–Crippen MR) is 87.3 cm³/mol. The molecule has 0 aliphatic heterocycles. The van der Waals surface area contributed by atoms with Gasteiger partial charge in [-0.05, 0) is 18.2 Å². The molecule has 0 aliphatic rings. The molecule has 1 amide bonds. The molecule has 8 heteroatoms. The normalized spacial score (nSPS) is 10.7. The zero-order valence-electron chi connectivity index (χ0n) is 12.9. The molecule has 3 aromatic rings. The first-order valence-electron chi connectivity index (χ1n) is 7.28. The summed E-state index contributed by atoms with van der Waals surface area (Å²) in [6, 6.07) is 13.5. The Morgan fingerprint density at radius 2 is 1.68 bits per heavy atom. The molecule has 0 aliphatic carbocycles. The molecule has 0 spiro atoms. The number of carbonyl (C=O) groups is 1. The number of amides is 1. The minimum Gasteiger partial charge on any atom is -0.287 e. The van der Waals surface area contributed by atoms with Gasteiger partial charge >= 0.3 is 5.91 Å². The van der Waals surface area contributed by atoms with Crippen molar-refractivity contribution in [3.63, 3.8) is 0 Å². The van der Waals surface area contributed by atoms with Gasteiger partial charge in [0, 0.05) is 17.3 Å². The van der Waals surface area contributed by atoms with Gasteiger partial charge in [-0.1, -0.05) is 30.3 Å². The molecular weight excluding hydrogens is 328 g/mol. The van der Waals surface area contributed by atoms with Crippen molar-refractivity contribution in [2.75, 3.05) is 0 Å². The summed E-state index contributed by atoms with van der Waals surface area (Å²) in [5.41, 5.74) is 3.78. The summed E-state index contributed by atoms with van der Waals surface area (Å²) in [5.74, 6) is 4.38. The summed E-state index contributed by atoms with van der Waals surface area (Å²) >= 11 is 0. The number of aromatic nitrogens is 3. The Labute approximate surface area is 141 Å². The lowest BCUT2D eigenvalue weighted by Crippen LogP contribution is -2.31. The van der Waals surface area contributed by atoms with Crippen LogP contribution in [0.2, 0.25) is 0 Å². The lowest BCUT2D eigenvalue weighted by molar-refractivity contribution is 0.0943. The second kappa shape index (κ2) is 7.10. The molecule has 126 valence electrons. The standard InChI is InChI=1S/C17H13F2N5O/c18-15(19)12-7-6-11(9-21-12)14-8-13(10-4-2-1-3-5-10)22-16(23-14)17(25)24-20/h1-9,15H,20H2,(H,24,25). The second-order valence-corrected chi connectivity index (χ2v) is 5.07. The van der Waals surface area contributed by atoms with Crippen LogP contribution in [-0.2, 0) is 0 Å². The third-order valence-corrected chi connectivity index (χ3v) is 3.44. The number of alkyl halides is 2. The van der Waals surface area contributed by atoms with E-state index in [9.17, 15) is 13.6 Å². The van der Waals surface area contributed by atoms with Crippen LogP contribution < -0.4 is 11.3 Å². The van der Waals surface area contributed by atoms with Crippen LogP contribution in [0.15, 0.2) is 54.7 Å². The van der Waals surface area contributed by atoms with Crippen molar-refractivity contribution in [3.8, 4) is 22.5 Å². The third kappa shape index (κ3) is 3.64. The fourth-order valence-electron chi connectivity index (χ4n) is 2.20. The molecule has 0 saturated heterocycles. The highest BCUT2D eigenvalue weighted by Gasteiger charge is 2.15. The number of nitrogens with one attached hydrogen (secondary N) is 1. The summed E-state index contributed by atoms with van der Waals surface area (Å²) in [7, 11) is 0. The quantitative estimate of drug-likeness (QED) is 0.432. The summed E-state index contributed by atoms with van der Waals surface area (Å²) < 4.78 is 25.3. The maximum absolute atomic E-state index is 12.6. The first kappa shape index (κ1) is 16.6. The van der Waals surface area contributed by atoms with Gasteiger partial charge in [0.2, 0.25) is 5.82 Å². The van der Waals surface area contributed by atoms with Crippen molar-refractivity contribution in [2.24, 2.45) is 5.84 Å². The predicted octanol–water partition coefficient (Wildman–Crippen LogP) is 2.75. The van der Waals surface area contributed by atoms with Crippen LogP contribution in [0.4, 0.5) is 8.78 Å². The second-order valence-electron chi connectivity index (χ2n) is 5.07. The highest BCUT2D eigenvalue weighted by molar-refractivity contribution is 5.91. The van der Waals surface area contributed by atoms with Gasteiger partial charge in [0.1, 0.15) is 5.69 Å². The van der Waals surface area contributed by atoms with E-state index in [1.165, 1.54) is 18.3 Å². The fraction of sp³-hybridized carbons (Fsp3) is 0.0588. The fourth-order valence-corrected chi connectivity index (χ4v) is 2.20. The molecule has 0 unspecified atom stereocenters. The highest BCUT2D eigenvalue weighted by Crippen LogP contribution is 2.25. The molecule has 6 nitrogen and oxygen atoms in total.